The number of carbonyl (C=O) groups excluding carboxylic acids is 3. The summed E-state index contributed by atoms with van der Waals surface area (Å²) in [4.78, 5) is 61.4. The fraction of sp³-hybridized carbons (Fsp3) is 0.484. The summed E-state index contributed by atoms with van der Waals surface area (Å²) < 4.78 is 48.4. The number of piperazine rings is 1. The zero-order valence-electron chi connectivity index (χ0n) is 27.1. The van der Waals surface area contributed by atoms with Crippen LogP contribution in [0.3, 0.4) is 0 Å². The van der Waals surface area contributed by atoms with E-state index in [1.807, 2.05) is 4.90 Å². The van der Waals surface area contributed by atoms with Gasteiger partial charge in [-0.05, 0) is 57.9 Å². The Hall–Kier alpha value is -4.60. The van der Waals surface area contributed by atoms with E-state index in [-0.39, 0.29) is 35.4 Å². The molecule has 4 heterocycles. The first-order chi connectivity index (χ1) is 22.4. The standard InChI is InChI=1S/C31H36ClF3N8O5/c1-18-25(40-14-12-39(13-15-40)19(2)44)27(46)43-28(37-26(38-43)20-8-10-41(11-9-20)29(47)48-30(3,4)5)42(18)17-24(45)36-21-6-7-23(32)22(16-21)31(33,34)35/h6-8,16H,9-15,17H2,1-5H3,(H,36,45). The van der Waals surface area contributed by atoms with Crippen LogP contribution in [0.2, 0.25) is 5.02 Å². The zero-order chi connectivity index (χ0) is 35.1. The summed E-state index contributed by atoms with van der Waals surface area (Å²) in [7, 11) is 0. The van der Waals surface area contributed by atoms with E-state index >= 15 is 0 Å². The number of hydrogen-bond donors (Lipinski definition) is 1. The molecule has 0 atom stereocenters. The molecule has 0 bridgehead atoms. The number of ether oxygens (including phenoxy) is 1. The lowest BCUT2D eigenvalue weighted by atomic mass is 10.1. The molecule has 3 amide bonds. The van der Waals surface area contributed by atoms with Crippen molar-refractivity contribution in [3.8, 4) is 0 Å². The molecule has 1 saturated heterocycles. The minimum atomic E-state index is -4.73. The molecule has 0 radical (unpaired) electrons. The molecule has 2 aromatic heterocycles. The molecule has 3 aromatic rings. The Morgan fingerprint density at radius 3 is 2.31 bits per heavy atom. The SMILES string of the molecule is CC(=O)N1CCN(c2c(C)n(CC(=O)Nc3ccc(Cl)c(C(F)(F)F)c3)c3nc(C4=CCN(C(=O)OC(C)(C)C)CC4)nn3c2=O)CC1. The lowest BCUT2D eigenvalue weighted by molar-refractivity contribution is -0.137. The summed E-state index contributed by atoms with van der Waals surface area (Å²) in [5.41, 5.74) is -1.01. The Labute approximate surface area is 278 Å². The van der Waals surface area contributed by atoms with Gasteiger partial charge in [-0.1, -0.05) is 17.7 Å². The molecule has 48 heavy (non-hydrogen) atoms. The second-order valence-corrected chi connectivity index (χ2v) is 13.0. The number of amides is 3. The van der Waals surface area contributed by atoms with Gasteiger partial charge in [-0.15, -0.1) is 5.10 Å². The van der Waals surface area contributed by atoms with Crippen molar-refractivity contribution in [1.82, 2.24) is 29.0 Å². The van der Waals surface area contributed by atoms with Crippen LogP contribution in [0.1, 0.15) is 51.2 Å². The van der Waals surface area contributed by atoms with Gasteiger partial charge in [-0.2, -0.15) is 22.7 Å². The molecule has 0 aliphatic carbocycles. The molecule has 258 valence electrons. The molecule has 0 saturated carbocycles. The smallest absolute Gasteiger partial charge is 0.417 e. The molecule has 0 unspecified atom stereocenters. The molecule has 1 fully saturated rings. The van der Waals surface area contributed by atoms with E-state index in [1.54, 1.807) is 38.7 Å². The highest BCUT2D eigenvalue weighted by molar-refractivity contribution is 6.31. The fourth-order valence-corrected chi connectivity index (χ4v) is 5.84. The van der Waals surface area contributed by atoms with E-state index in [0.29, 0.717) is 50.4 Å². The summed E-state index contributed by atoms with van der Waals surface area (Å²) in [6, 6.07) is 3.06. The molecule has 13 nitrogen and oxygen atoms in total. The van der Waals surface area contributed by atoms with Crippen molar-refractivity contribution in [2.75, 3.05) is 49.5 Å². The number of fused-ring (bicyclic) bond motifs is 1. The monoisotopic (exact) mass is 692 g/mol. The third-order valence-electron chi connectivity index (χ3n) is 8.02. The van der Waals surface area contributed by atoms with E-state index in [0.717, 1.165) is 16.6 Å². The number of hydrogen-bond acceptors (Lipinski definition) is 8. The van der Waals surface area contributed by atoms with Gasteiger partial charge in [0, 0.05) is 57.6 Å². The van der Waals surface area contributed by atoms with Crippen molar-refractivity contribution in [2.45, 2.75) is 59.4 Å². The lowest BCUT2D eigenvalue weighted by Gasteiger charge is -2.36. The first-order valence-electron chi connectivity index (χ1n) is 15.3. The highest BCUT2D eigenvalue weighted by Gasteiger charge is 2.34. The Kier molecular flexibility index (Phi) is 9.50. The Morgan fingerprint density at radius 1 is 1.04 bits per heavy atom. The van der Waals surface area contributed by atoms with E-state index in [9.17, 15) is 32.3 Å². The minimum Gasteiger partial charge on any atom is -0.444 e. The third-order valence-corrected chi connectivity index (χ3v) is 8.35. The Bertz CT molecular complexity index is 1860. The van der Waals surface area contributed by atoms with Gasteiger partial charge in [0.15, 0.2) is 5.82 Å². The largest absolute Gasteiger partial charge is 0.444 e. The van der Waals surface area contributed by atoms with Crippen molar-refractivity contribution in [1.29, 1.82) is 0 Å². The number of aromatic nitrogens is 4. The highest BCUT2D eigenvalue weighted by atomic mass is 35.5. The Balaban J connectivity index is 1.50. The van der Waals surface area contributed by atoms with Gasteiger partial charge >= 0.3 is 12.3 Å². The van der Waals surface area contributed by atoms with Gasteiger partial charge in [0.05, 0.1) is 10.6 Å². The van der Waals surface area contributed by atoms with Gasteiger partial charge < -0.3 is 29.3 Å². The zero-order valence-corrected chi connectivity index (χ0v) is 27.9. The summed E-state index contributed by atoms with van der Waals surface area (Å²) in [5.74, 6) is -0.480. The number of nitrogens with zero attached hydrogens (tertiary/aromatic N) is 7. The highest BCUT2D eigenvalue weighted by Crippen LogP contribution is 2.36. The number of rotatable bonds is 5. The molecule has 0 spiro atoms. The maximum Gasteiger partial charge on any atom is 0.417 e. The molecule has 2 aliphatic heterocycles. The quantitative estimate of drug-likeness (QED) is 0.421. The van der Waals surface area contributed by atoms with Crippen LogP contribution >= 0.6 is 11.6 Å². The van der Waals surface area contributed by atoms with E-state index in [2.05, 4.69) is 15.4 Å². The number of anilines is 2. The maximum atomic E-state index is 13.9. The fourth-order valence-electron chi connectivity index (χ4n) is 5.61. The van der Waals surface area contributed by atoms with Crippen LogP contribution in [0.25, 0.3) is 11.4 Å². The summed E-state index contributed by atoms with van der Waals surface area (Å²) in [5, 5.41) is 6.49. The van der Waals surface area contributed by atoms with Crippen LogP contribution in [-0.2, 0) is 27.0 Å². The summed E-state index contributed by atoms with van der Waals surface area (Å²) >= 11 is 5.74. The van der Waals surface area contributed by atoms with Crippen LogP contribution in [0.5, 0.6) is 0 Å². The molecular weight excluding hydrogens is 657 g/mol. The first-order valence-corrected chi connectivity index (χ1v) is 15.7. The number of benzene rings is 1. The molecule has 17 heteroatoms. The summed E-state index contributed by atoms with van der Waals surface area (Å²) in [6.45, 7) is 10.1. The Morgan fingerprint density at radius 2 is 1.73 bits per heavy atom. The van der Waals surface area contributed by atoms with Crippen LogP contribution < -0.4 is 15.8 Å². The van der Waals surface area contributed by atoms with Gasteiger partial charge in [-0.25, -0.2) is 4.79 Å². The average molecular weight is 693 g/mol. The van der Waals surface area contributed by atoms with E-state index in [1.165, 1.54) is 22.5 Å². The maximum absolute atomic E-state index is 13.9. The van der Waals surface area contributed by atoms with Gasteiger partial charge in [0.25, 0.3) is 5.56 Å². The van der Waals surface area contributed by atoms with Crippen molar-refractivity contribution in [3.63, 3.8) is 0 Å². The number of nitrogens with one attached hydrogen (secondary N) is 1. The van der Waals surface area contributed by atoms with Gasteiger partial charge in [0.2, 0.25) is 17.6 Å². The minimum absolute atomic E-state index is 0.0522. The average Bonchev–Trinajstić information content (AvgIpc) is 3.45. The van der Waals surface area contributed by atoms with Crippen molar-refractivity contribution >= 4 is 52.2 Å². The predicted octanol–water partition coefficient (Wildman–Crippen LogP) is 4.20. The predicted molar refractivity (Wildman–Crippen MR) is 172 cm³/mol. The van der Waals surface area contributed by atoms with Crippen LogP contribution in [-0.4, -0.2) is 91.7 Å². The van der Waals surface area contributed by atoms with E-state index in [4.69, 9.17) is 16.3 Å². The van der Waals surface area contributed by atoms with Crippen molar-refractivity contribution < 1.29 is 32.3 Å². The molecular formula is C31H36ClF3N8O5. The molecule has 1 N–H and O–H groups in total. The molecule has 5 rings (SSSR count). The normalized spacial score (nSPS) is 15.9. The van der Waals surface area contributed by atoms with Gasteiger partial charge in [0.1, 0.15) is 17.8 Å². The lowest BCUT2D eigenvalue weighted by Crippen LogP contribution is -2.50. The van der Waals surface area contributed by atoms with Crippen LogP contribution in [0.4, 0.5) is 29.3 Å². The van der Waals surface area contributed by atoms with E-state index < -0.39 is 46.5 Å². The summed E-state index contributed by atoms with van der Waals surface area (Å²) in [6.07, 6.45) is -3.03. The number of carbonyl (C=O) groups is 3. The number of alkyl halides is 3. The third kappa shape index (κ3) is 7.42. The molecule has 2 aliphatic rings. The molecule has 1 aromatic carbocycles. The second kappa shape index (κ2) is 13.1. The van der Waals surface area contributed by atoms with Crippen molar-refractivity contribution in [3.05, 3.63) is 56.7 Å². The van der Waals surface area contributed by atoms with Crippen LogP contribution in [0, 0.1) is 6.92 Å². The topological polar surface area (TPSA) is 134 Å². The van der Waals surface area contributed by atoms with Gasteiger partial charge in [-0.3, -0.25) is 14.4 Å². The number of halogens is 4. The van der Waals surface area contributed by atoms with Crippen LogP contribution in [0.15, 0.2) is 29.1 Å². The first kappa shape index (κ1) is 34.7. The second-order valence-electron chi connectivity index (χ2n) is 12.6. The van der Waals surface area contributed by atoms with Crippen molar-refractivity contribution in [2.24, 2.45) is 0 Å².